The van der Waals surface area contributed by atoms with Gasteiger partial charge in [-0.15, -0.1) is 0 Å². The lowest BCUT2D eigenvalue weighted by atomic mass is 10.1. The normalized spacial score (nSPS) is 10.3. The largest absolute Gasteiger partial charge is 0.465 e. The molecule has 126 valence electrons. The minimum atomic E-state index is -0.507. The molecule has 0 aliphatic heterocycles. The van der Waals surface area contributed by atoms with Crippen molar-refractivity contribution in [2.45, 2.75) is 13.8 Å². The summed E-state index contributed by atoms with van der Waals surface area (Å²) < 4.78 is 4.71. The minimum absolute atomic E-state index is 0.268. The van der Waals surface area contributed by atoms with Crippen LogP contribution in [0, 0.1) is 5.92 Å². The number of anilines is 2. The van der Waals surface area contributed by atoms with Crippen molar-refractivity contribution in [3.63, 3.8) is 0 Å². The van der Waals surface area contributed by atoms with Gasteiger partial charge in [-0.05, 0) is 30.2 Å². The molecule has 0 aliphatic rings. The lowest BCUT2D eigenvalue weighted by molar-refractivity contribution is 0.0602. The number of methoxy groups -OCH3 is 1. The molecule has 0 saturated heterocycles. The van der Waals surface area contributed by atoms with E-state index in [1.54, 1.807) is 42.6 Å². The molecule has 1 aromatic heterocycles. The van der Waals surface area contributed by atoms with E-state index in [0.29, 0.717) is 17.2 Å². The molecule has 0 saturated carbocycles. The van der Waals surface area contributed by atoms with E-state index >= 15 is 0 Å². The second-order valence-electron chi connectivity index (χ2n) is 5.70. The molecule has 6 heteroatoms. The molecule has 0 spiro atoms. The van der Waals surface area contributed by atoms with Crippen LogP contribution in [0.4, 0.5) is 11.4 Å². The van der Waals surface area contributed by atoms with Crippen LogP contribution in [-0.4, -0.2) is 30.5 Å². The average molecular weight is 327 g/mol. The minimum Gasteiger partial charge on any atom is -0.465 e. The Labute approximate surface area is 141 Å². The number of pyridine rings is 1. The highest BCUT2D eigenvalue weighted by molar-refractivity contribution is 6.07. The van der Waals surface area contributed by atoms with Crippen LogP contribution < -0.4 is 10.6 Å². The van der Waals surface area contributed by atoms with Crippen molar-refractivity contribution in [3.05, 3.63) is 53.9 Å². The van der Waals surface area contributed by atoms with Crippen molar-refractivity contribution in [1.29, 1.82) is 0 Å². The highest BCUT2D eigenvalue weighted by Crippen LogP contribution is 2.17. The Hall–Kier alpha value is -2.89. The number of hydrogen-bond acceptors (Lipinski definition) is 5. The lowest BCUT2D eigenvalue weighted by Crippen LogP contribution is -2.17. The van der Waals surface area contributed by atoms with Gasteiger partial charge in [0, 0.05) is 6.54 Å². The Bertz CT molecular complexity index is 712. The fourth-order valence-electron chi connectivity index (χ4n) is 2.02. The molecule has 0 unspecified atom stereocenters. The van der Waals surface area contributed by atoms with E-state index in [9.17, 15) is 9.59 Å². The number of para-hydroxylation sites is 1. The van der Waals surface area contributed by atoms with Crippen LogP contribution in [0.2, 0.25) is 0 Å². The Balaban J connectivity index is 2.09. The molecule has 2 N–H and O–H groups in total. The molecular formula is C18H21N3O3. The van der Waals surface area contributed by atoms with Crippen LogP contribution in [0.25, 0.3) is 0 Å². The summed E-state index contributed by atoms with van der Waals surface area (Å²) in [4.78, 5) is 28.2. The number of carbonyl (C=O) groups is 2. The number of benzene rings is 1. The van der Waals surface area contributed by atoms with Gasteiger partial charge in [-0.1, -0.05) is 26.0 Å². The molecule has 0 fully saturated rings. The molecule has 2 rings (SSSR count). The van der Waals surface area contributed by atoms with Crippen molar-refractivity contribution < 1.29 is 14.3 Å². The summed E-state index contributed by atoms with van der Waals surface area (Å²) in [6.45, 7) is 5.06. The third-order valence-electron chi connectivity index (χ3n) is 3.29. The first-order valence-electron chi connectivity index (χ1n) is 7.70. The number of hydrogen-bond donors (Lipinski definition) is 2. The van der Waals surface area contributed by atoms with Crippen LogP contribution >= 0.6 is 0 Å². The molecule has 2 aromatic rings. The van der Waals surface area contributed by atoms with E-state index in [2.05, 4.69) is 29.5 Å². The molecular weight excluding hydrogens is 306 g/mol. The van der Waals surface area contributed by atoms with Gasteiger partial charge in [-0.25, -0.2) is 9.78 Å². The van der Waals surface area contributed by atoms with Crippen LogP contribution in [-0.2, 0) is 4.74 Å². The summed E-state index contributed by atoms with van der Waals surface area (Å²) in [7, 11) is 1.30. The van der Waals surface area contributed by atoms with E-state index in [-0.39, 0.29) is 11.6 Å². The molecule has 0 radical (unpaired) electrons. The van der Waals surface area contributed by atoms with Gasteiger partial charge in [0.25, 0.3) is 5.91 Å². The summed E-state index contributed by atoms with van der Waals surface area (Å²) in [5.41, 5.74) is 1.81. The zero-order valence-electron chi connectivity index (χ0n) is 14.0. The van der Waals surface area contributed by atoms with Crippen LogP contribution in [0.1, 0.15) is 34.7 Å². The van der Waals surface area contributed by atoms with Gasteiger partial charge in [0.1, 0.15) is 5.69 Å². The number of ether oxygens (including phenoxy) is 1. The van der Waals surface area contributed by atoms with Gasteiger partial charge in [-0.2, -0.15) is 0 Å². The summed E-state index contributed by atoms with van der Waals surface area (Å²) in [5.74, 6) is -0.378. The Morgan fingerprint density at radius 3 is 2.54 bits per heavy atom. The monoisotopic (exact) mass is 327 g/mol. The fraction of sp³-hybridized carbons (Fsp3) is 0.278. The van der Waals surface area contributed by atoms with E-state index in [1.165, 1.54) is 7.11 Å². The second-order valence-corrected chi connectivity index (χ2v) is 5.70. The molecule has 1 amide bonds. The summed E-state index contributed by atoms with van der Waals surface area (Å²) in [6, 6.07) is 10.1. The van der Waals surface area contributed by atoms with Gasteiger partial charge in [0.05, 0.1) is 30.2 Å². The standard InChI is InChI=1S/C18H21N3O3/c1-12(2)10-19-13-8-9-16(20-11-13)17(22)21-15-7-5-4-6-14(15)18(23)24-3/h4-9,11-12,19H,10H2,1-3H3,(H,21,22). The Morgan fingerprint density at radius 1 is 1.17 bits per heavy atom. The number of nitrogens with one attached hydrogen (secondary N) is 2. The summed E-state index contributed by atoms with van der Waals surface area (Å²) >= 11 is 0. The average Bonchev–Trinajstić information content (AvgIpc) is 2.60. The number of esters is 1. The number of aromatic nitrogens is 1. The molecule has 24 heavy (non-hydrogen) atoms. The van der Waals surface area contributed by atoms with Gasteiger partial charge in [0.2, 0.25) is 0 Å². The second kappa shape index (κ2) is 8.10. The topological polar surface area (TPSA) is 80.3 Å². The maximum atomic E-state index is 12.3. The maximum absolute atomic E-state index is 12.3. The zero-order valence-corrected chi connectivity index (χ0v) is 14.0. The predicted molar refractivity (Wildman–Crippen MR) is 93.3 cm³/mol. The third kappa shape index (κ3) is 4.55. The highest BCUT2D eigenvalue weighted by atomic mass is 16.5. The van der Waals surface area contributed by atoms with Gasteiger partial charge in [0.15, 0.2) is 0 Å². The van der Waals surface area contributed by atoms with Crippen LogP contribution in [0.5, 0.6) is 0 Å². The van der Waals surface area contributed by atoms with Crippen molar-refractivity contribution >= 4 is 23.3 Å². The first-order chi connectivity index (χ1) is 11.5. The number of rotatable bonds is 6. The smallest absolute Gasteiger partial charge is 0.339 e. The lowest BCUT2D eigenvalue weighted by Gasteiger charge is -2.10. The molecule has 0 aliphatic carbocycles. The maximum Gasteiger partial charge on any atom is 0.339 e. The molecule has 6 nitrogen and oxygen atoms in total. The number of carbonyl (C=O) groups excluding carboxylic acids is 2. The van der Waals surface area contributed by atoms with Gasteiger partial charge < -0.3 is 15.4 Å². The van der Waals surface area contributed by atoms with E-state index in [0.717, 1.165) is 12.2 Å². The first kappa shape index (κ1) is 17.5. The summed E-state index contributed by atoms with van der Waals surface area (Å²) in [6.07, 6.45) is 1.61. The SMILES string of the molecule is COC(=O)c1ccccc1NC(=O)c1ccc(NCC(C)C)cn1. The molecule has 0 bridgehead atoms. The zero-order chi connectivity index (χ0) is 17.5. The van der Waals surface area contributed by atoms with E-state index in [4.69, 9.17) is 4.74 Å². The van der Waals surface area contributed by atoms with Crippen molar-refractivity contribution in [3.8, 4) is 0 Å². The van der Waals surface area contributed by atoms with Gasteiger partial charge >= 0.3 is 5.97 Å². The van der Waals surface area contributed by atoms with Crippen molar-refractivity contribution in [2.24, 2.45) is 5.92 Å². The summed E-state index contributed by atoms with van der Waals surface area (Å²) in [5, 5.41) is 5.93. The van der Waals surface area contributed by atoms with Crippen LogP contribution in [0.3, 0.4) is 0 Å². The first-order valence-corrected chi connectivity index (χ1v) is 7.70. The fourth-order valence-corrected chi connectivity index (χ4v) is 2.02. The van der Waals surface area contributed by atoms with Crippen LogP contribution in [0.15, 0.2) is 42.6 Å². The Kier molecular flexibility index (Phi) is 5.89. The third-order valence-corrected chi connectivity index (χ3v) is 3.29. The van der Waals surface area contributed by atoms with E-state index in [1.807, 2.05) is 0 Å². The van der Waals surface area contributed by atoms with Gasteiger partial charge in [-0.3, -0.25) is 4.79 Å². The van der Waals surface area contributed by atoms with Crippen molar-refractivity contribution in [2.75, 3.05) is 24.3 Å². The Morgan fingerprint density at radius 2 is 1.92 bits per heavy atom. The molecule has 1 heterocycles. The number of amides is 1. The number of nitrogens with zero attached hydrogens (tertiary/aromatic N) is 1. The van der Waals surface area contributed by atoms with E-state index < -0.39 is 5.97 Å². The van der Waals surface area contributed by atoms with Crippen molar-refractivity contribution in [1.82, 2.24) is 4.98 Å². The molecule has 1 aromatic carbocycles. The predicted octanol–water partition coefficient (Wildman–Crippen LogP) is 3.19. The highest BCUT2D eigenvalue weighted by Gasteiger charge is 2.14. The quantitative estimate of drug-likeness (QED) is 0.797. The molecule has 0 atom stereocenters.